The third kappa shape index (κ3) is 3.70. The molecule has 2 rings (SSSR count). The van der Waals surface area contributed by atoms with Crippen LogP contribution in [0.25, 0.3) is 0 Å². The smallest absolute Gasteiger partial charge is 0.257 e. The Morgan fingerprint density at radius 1 is 1.55 bits per heavy atom. The number of halogens is 1. The fourth-order valence-corrected chi connectivity index (χ4v) is 2.49. The second-order valence-electron chi connectivity index (χ2n) is 4.79. The number of ether oxygens (including phenoxy) is 1. The van der Waals surface area contributed by atoms with Crippen molar-refractivity contribution in [2.24, 2.45) is 5.73 Å². The van der Waals surface area contributed by atoms with Crippen LogP contribution in [0.5, 0.6) is 5.75 Å². The number of nitrogens with two attached hydrogens (primary N) is 1. The van der Waals surface area contributed by atoms with Gasteiger partial charge in [0.1, 0.15) is 5.75 Å². The van der Waals surface area contributed by atoms with Crippen LogP contribution in [0.15, 0.2) is 22.7 Å². The van der Waals surface area contributed by atoms with Crippen molar-refractivity contribution in [3.63, 3.8) is 0 Å². The molecule has 0 bridgehead atoms. The Morgan fingerprint density at radius 2 is 2.25 bits per heavy atom. The number of benzene rings is 1. The van der Waals surface area contributed by atoms with E-state index < -0.39 is 0 Å². The highest BCUT2D eigenvalue weighted by Crippen LogP contribution is 2.31. The van der Waals surface area contributed by atoms with Crippen LogP contribution in [0, 0.1) is 0 Å². The quantitative estimate of drug-likeness (QED) is 0.796. The van der Waals surface area contributed by atoms with Crippen molar-refractivity contribution in [1.82, 2.24) is 4.90 Å². The van der Waals surface area contributed by atoms with Gasteiger partial charge < -0.3 is 15.4 Å². The summed E-state index contributed by atoms with van der Waals surface area (Å²) in [4.78, 5) is 15.0. The molecule has 0 aliphatic heterocycles. The zero-order chi connectivity index (χ0) is 14.7. The molecular formula is C14H17BrN2O2S. The molecule has 1 amide bonds. The summed E-state index contributed by atoms with van der Waals surface area (Å²) in [5.74, 6) is 0.554. The van der Waals surface area contributed by atoms with Gasteiger partial charge in [0.2, 0.25) is 0 Å². The predicted octanol–water partition coefficient (Wildman–Crippen LogP) is 2.74. The molecule has 108 valence electrons. The first-order chi connectivity index (χ1) is 9.52. The van der Waals surface area contributed by atoms with E-state index in [1.807, 2.05) is 11.0 Å². The molecule has 1 aliphatic carbocycles. The van der Waals surface area contributed by atoms with E-state index in [1.54, 1.807) is 19.2 Å². The van der Waals surface area contributed by atoms with Crippen molar-refractivity contribution in [2.45, 2.75) is 25.3 Å². The third-order valence-electron chi connectivity index (χ3n) is 3.24. The number of thiocarbonyl (C=S) groups is 1. The average Bonchev–Trinajstić information content (AvgIpc) is 3.22. The second kappa shape index (κ2) is 6.54. The summed E-state index contributed by atoms with van der Waals surface area (Å²) < 4.78 is 6.18. The van der Waals surface area contributed by atoms with E-state index in [2.05, 4.69) is 15.9 Å². The fraction of sp³-hybridized carbons (Fsp3) is 0.429. The first-order valence-electron chi connectivity index (χ1n) is 6.45. The highest BCUT2D eigenvalue weighted by atomic mass is 79.9. The number of hydrogen-bond acceptors (Lipinski definition) is 3. The van der Waals surface area contributed by atoms with E-state index in [1.165, 1.54) is 0 Å². The first-order valence-corrected chi connectivity index (χ1v) is 7.66. The van der Waals surface area contributed by atoms with E-state index in [0.29, 0.717) is 35.3 Å². The lowest BCUT2D eigenvalue weighted by Gasteiger charge is -2.23. The lowest BCUT2D eigenvalue weighted by molar-refractivity contribution is 0.0744. The molecule has 1 saturated carbocycles. The van der Waals surface area contributed by atoms with Crippen LogP contribution in [-0.4, -0.2) is 35.5 Å². The number of rotatable bonds is 6. The molecule has 0 radical (unpaired) electrons. The molecule has 1 aliphatic rings. The van der Waals surface area contributed by atoms with Gasteiger partial charge >= 0.3 is 0 Å². The maximum Gasteiger partial charge on any atom is 0.257 e. The summed E-state index contributed by atoms with van der Waals surface area (Å²) in [7, 11) is 1.56. The first kappa shape index (κ1) is 15.3. The summed E-state index contributed by atoms with van der Waals surface area (Å²) in [5, 5.41) is 0. The monoisotopic (exact) mass is 356 g/mol. The molecule has 0 saturated heterocycles. The van der Waals surface area contributed by atoms with Crippen LogP contribution >= 0.6 is 28.1 Å². The molecule has 6 heteroatoms. The minimum absolute atomic E-state index is 0.0203. The molecule has 0 aromatic heterocycles. The molecule has 0 heterocycles. The highest BCUT2D eigenvalue weighted by Gasteiger charge is 2.33. The molecule has 0 spiro atoms. The maximum atomic E-state index is 12.7. The second-order valence-corrected chi connectivity index (χ2v) is 6.23. The molecule has 0 atom stereocenters. The summed E-state index contributed by atoms with van der Waals surface area (Å²) in [6.45, 7) is 0.568. The van der Waals surface area contributed by atoms with Gasteiger partial charge in [-0.3, -0.25) is 4.79 Å². The number of methoxy groups -OCH3 is 1. The lowest BCUT2D eigenvalue weighted by atomic mass is 10.1. The largest absolute Gasteiger partial charge is 0.496 e. The van der Waals surface area contributed by atoms with Crippen LogP contribution in [0.1, 0.15) is 29.6 Å². The van der Waals surface area contributed by atoms with Gasteiger partial charge in [0.05, 0.1) is 17.7 Å². The molecule has 1 aromatic carbocycles. The number of carbonyl (C=O) groups is 1. The zero-order valence-electron chi connectivity index (χ0n) is 11.3. The van der Waals surface area contributed by atoms with Crippen molar-refractivity contribution in [3.05, 3.63) is 28.2 Å². The third-order valence-corrected chi connectivity index (χ3v) is 3.94. The summed E-state index contributed by atoms with van der Waals surface area (Å²) in [6.07, 6.45) is 2.64. The molecular weight excluding hydrogens is 340 g/mol. The van der Waals surface area contributed by atoms with Crippen LogP contribution < -0.4 is 10.5 Å². The van der Waals surface area contributed by atoms with E-state index in [-0.39, 0.29) is 5.91 Å². The van der Waals surface area contributed by atoms with Crippen LogP contribution in [0.2, 0.25) is 0 Å². The van der Waals surface area contributed by atoms with E-state index in [9.17, 15) is 4.79 Å². The fourth-order valence-electron chi connectivity index (χ4n) is 2.06. The Balaban J connectivity index is 2.20. The standard InChI is InChI=1S/C14H17BrN2O2S/c1-19-12-8-9(15)2-5-11(12)14(18)17(10-3-4-10)7-6-13(16)20/h2,5,8,10H,3-4,6-7H2,1H3,(H2,16,20). The minimum atomic E-state index is -0.0203. The molecule has 0 unspecified atom stereocenters. The van der Waals surface area contributed by atoms with Gasteiger partial charge in [0, 0.05) is 23.5 Å². The van der Waals surface area contributed by atoms with Crippen LogP contribution in [-0.2, 0) is 0 Å². The maximum absolute atomic E-state index is 12.7. The topological polar surface area (TPSA) is 55.6 Å². The predicted molar refractivity (Wildman–Crippen MR) is 86.2 cm³/mol. The van der Waals surface area contributed by atoms with Crippen molar-refractivity contribution < 1.29 is 9.53 Å². The van der Waals surface area contributed by atoms with Crippen LogP contribution in [0.4, 0.5) is 0 Å². The Bertz CT molecular complexity index is 532. The summed E-state index contributed by atoms with van der Waals surface area (Å²) >= 11 is 8.27. The summed E-state index contributed by atoms with van der Waals surface area (Å²) in [6, 6.07) is 5.73. The number of carbonyl (C=O) groups excluding carboxylic acids is 1. The van der Waals surface area contributed by atoms with E-state index >= 15 is 0 Å². The highest BCUT2D eigenvalue weighted by molar-refractivity contribution is 9.10. The number of nitrogens with zero attached hydrogens (tertiary/aromatic N) is 1. The number of amides is 1. The van der Waals surface area contributed by atoms with Gasteiger partial charge in [-0.25, -0.2) is 0 Å². The van der Waals surface area contributed by atoms with Crippen molar-refractivity contribution in [3.8, 4) is 5.75 Å². The minimum Gasteiger partial charge on any atom is -0.496 e. The Kier molecular flexibility index (Phi) is 4.99. The Morgan fingerprint density at radius 3 is 2.80 bits per heavy atom. The molecule has 2 N–H and O–H groups in total. The summed E-state index contributed by atoms with van der Waals surface area (Å²) in [5.41, 5.74) is 6.11. The SMILES string of the molecule is COc1cc(Br)ccc1C(=O)N(CCC(N)=S)C1CC1. The van der Waals surface area contributed by atoms with Gasteiger partial charge in [-0.15, -0.1) is 0 Å². The van der Waals surface area contributed by atoms with Gasteiger partial charge in [-0.1, -0.05) is 28.1 Å². The van der Waals surface area contributed by atoms with E-state index in [4.69, 9.17) is 22.7 Å². The van der Waals surface area contributed by atoms with Crippen molar-refractivity contribution in [2.75, 3.05) is 13.7 Å². The van der Waals surface area contributed by atoms with Gasteiger partial charge in [0.25, 0.3) is 5.91 Å². The van der Waals surface area contributed by atoms with Gasteiger partial charge in [-0.05, 0) is 31.0 Å². The van der Waals surface area contributed by atoms with Crippen molar-refractivity contribution >= 4 is 39.0 Å². The molecule has 1 aromatic rings. The van der Waals surface area contributed by atoms with Gasteiger partial charge in [0.15, 0.2) is 0 Å². The molecule has 4 nitrogen and oxygen atoms in total. The number of hydrogen-bond donors (Lipinski definition) is 1. The van der Waals surface area contributed by atoms with Gasteiger partial charge in [-0.2, -0.15) is 0 Å². The Hall–Kier alpha value is -1.14. The molecule has 20 heavy (non-hydrogen) atoms. The Labute approximate surface area is 132 Å². The van der Waals surface area contributed by atoms with Crippen LogP contribution in [0.3, 0.4) is 0 Å². The zero-order valence-corrected chi connectivity index (χ0v) is 13.7. The average molecular weight is 357 g/mol. The lowest BCUT2D eigenvalue weighted by Crippen LogP contribution is -2.35. The van der Waals surface area contributed by atoms with E-state index in [0.717, 1.165) is 17.3 Å². The normalized spacial score (nSPS) is 13.9. The van der Waals surface area contributed by atoms with Crippen molar-refractivity contribution in [1.29, 1.82) is 0 Å². The molecule has 1 fully saturated rings.